The van der Waals surface area contributed by atoms with Gasteiger partial charge >= 0.3 is 0 Å². The molecule has 4 aromatic rings. The largest absolute Gasteiger partial charge is 0.422 e. The molecule has 0 aromatic carbocycles. The van der Waals surface area contributed by atoms with Crippen LogP contribution in [0.4, 0.5) is 11.6 Å². The van der Waals surface area contributed by atoms with Gasteiger partial charge in [0, 0.05) is 48.0 Å². The molecule has 176 valence electrons. The SMILES string of the molecule is Nc1[nH]c(Oc2ncnc(Oc3cc(-c4cccnn4)c(N)[nH]3)c3cncc2-3)cc1-c1cccnn1. The van der Waals surface area contributed by atoms with Crippen LogP contribution in [-0.4, -0.2) is 45.3 Å². The van der Waals surface area contributed by atoms with Crippen LogP contribution in [0.3, 0.4) is 0 Å². The Labute approximate surface area is 202 Å². The summed E-state index contributed by atoms with van der Waals surface area (Å²) in [7, 11) is 0. The van der Waals surface area contributed by atoms with Gasteiger partial charge in [-0.05, 0) is 24.3 Å². The summed E-state index contributed by atoms with van der Waals surface area (Å²) in [6, 6.07) is 10.6. The minimum absolute atomic E-state index is 0.253. The number of aromatic amines is 2. The summed E-state index contributed by atoms with van der Waals surface area (Å²) in [6.07, 6.45) is 7.71. The molecule has 0 unspecified atom stereocenters. The highest BCUT2D eigenvalue weighted by atomic mass is 16.5. The highest BCUT2D eigenvalue weighted by Gasteiger charge is 2.21. The molecule has 0 saturated heterocycles. The zero-order valence-electron chi connectivity index (χ0n) is 18.5. The van der Waals surface area contributed by atoms with Crippen LogP contribution < -0.4 is 20.9 Å². The summed E-state index contributed by atoms with van der Waals surface area (Å²) < 4.78 is 12.0. The second-order valence-corrected chi connectivity index (χ2v) is 7.56. The Morgan fingerprint density at radius 2 is 1.17 bits per heavy atom. The first kappa shape index (κ1) is 21.0. The van der Waals surface area contributed by atoms with Gasteiger partial charge in [0.05, 0.1) is 22.5 Å². The molecule has 2 aliphatic heterocycles. The van der Waals surface area contributed by atoms with Gasteiger partial charge < -0.3 is 30.9 Å². The predicted octanol–water partition coefficient (Wildman–Crippen LogP) is 3.30. The lowest BCUT2D eigenvalue weighted by Gasteiger charge is -2.05. The van der Waals surface area contributed by atoms with Crippen molar-refractivity contribution >= 4 is 11.6 Å². The molecule has 4 aromatic heterocycles. The fraction of sp³-hybridized carbons (Fsp3) is 0. The Morgan fingerprint density at radius 3 is 1.61 bits per heavy atom. The van der Waals surface area contributed by atoms with E-state index in [-0.39, 0.29) is 11.8 Å². The minimum Gasteiger partial charge on any atom is -0.422 e. The zero-order chi connectivity index (χ0) is 24.5. The molecule has 2 aliphatic rings. The van der Waals surface area contributed by atoms with Crippen LogP contribution >= 0.6 is 0 Å². The number of ether oxygens (including phenoxy) is 2. The number of fused-ring (bicyclic) bond motifs is 1. The summed E-state index contributed by atoms with van der Waals surface area (Å²) in [5, 5.41) is 15.9. The summed E-state index contributed by atoms with van der Waals surface area (Å²) in [5.74, 6) is 2.00. The maximum atomic E-state index is 6.12. The van der Waals surface area contributed by atoms with Gasteiger partial charge in [-0.2, -0.15) is 20.4 Å². The molecule has 0 saturated carbocycles. The van der Waals surface area contributed by atoms with E-state index in [4.69, 9.17) is 20.9 Å². The Morgan fingerprint density at radius 1 is 0.667 bits per heavy atom. The van der Waals surface area contributed by atoms with Crippen LogP contribution in [0, 0.1) is 0 Å². The molecular formula is C23H17N11O2. The topological polar surface area (TPSA) is 192 Å². The number of rotatable bonds is 6. The number of nitrogens with two attached hydrogens (primary N) is 2. The molecule has 6 rings (SSSR count). The number of nitrogens with one attached hydrogen (secondary N) is 2. The molecule has 0 fully saturated rings. The van der Waals surface area contributed by atoms with Gasteiger partial charge in [0.25, 0.3) is 0 Å². The van der Waals surface area contributed by atoms with Crippen molar-refractivity contribution in [1.82, 2.24) is 45.3 Å². The second-order valence-electron chi connectivity index (χ2n) is 7.56. The highest BCUT2D eigenvalue weighted by molar-refractivity contribution is 5.76. The lowest BCUT2D eigenvalue weighted by atomic mass is 10.2. The van der Waals surface area contributed by atoms with Crippen molar-refractivity contribution in [3.8, 4) is 57.2 Å². The molecule has 0 amide bonds. The third-order valence-electron chi connectivity index (χ3n) is 5.26. The number of anilines is 2. The molecule has 0 atom stereocenters. The van der Waals surface area contributed by atoms with E-state index in [0.717, 1.165) is 0 Å². The average Bonchev–Trinajstić information content (AvgIpc) is 3.60. The molecule has 0 bridgehead atoms. The number of aromatic nitrogens is 9. The number of H-pyrrole nitrogens is 2. The normalized spacial score (nSPS) is 11.0. The third kappa shape index (κ3) is 3.86. The predicted molar refractivity (Wildman–Crippen MR) is 129 cm³/mol. The Kier molecular flexibility index (Phi) is 5.04. The van der Waals surface area contributed by atoms with Gasteiger partial charge in [-0.25, -0.2) is 9.97 Å². The minimum atomic E-state index is 0.253. The van der Waals surface area contributed by atoms with Crippen molar-refractivity contribution in [3.05, 3.63) is 67.5 Å². The molecule has 0 spiro atoms. The van der Waals surface area contributed by atoms with Crippen molar-refractivity contribution in [2.45, 2.75) is 0 Å². The van der Waals surface area contributed by atoms with Crippen LogP contribution in [0.2, 0.25) is 0 Å². The molecule has 6 heterocycles. The summed E-state index contributed by atoms with van der Waals surface area (Å²) >= 11 is 0. The second kappa shape index (κ2) is 8.64. The number of hydrogen-bond acceptors (Lipinski definition) is 11. The standard InChI is InChI=1S/C23H17N11O2/c24-20-12(16-3-1-5-29-33-16)7-18(31-20)35-22-14-9-26-10-15(14)23(28-11-27-22)36-19-8-13(21(25)32-19)17-4-2-6-30-34-17/h1-11,31-32H,24-25H2. The first-order valence-electron chi connectivity index (χ1n) is 10.6. The van der Waals surface area contributed by atoms with Gasteiger partial charge in [0.15, 0.2) is 0 Å². The van der Waals surface area contributed by atoms with E-state index in [0.29, 0.717) is 57.0 Å². The first-order valence-corrected chi connectivity index (χ1v) is 10.6. The molecule has 36 heavy (non-hydrogen) atoms. The summed E-state index contributed by atoms with van der Waals surface area (Å²) in [4.78, 5) is 18.8. The van der Waals surface area contributed by atoms with Gasteiger partial charge in [0.2, 0.25) is 23.5 Å². The summed E-state index contributed by atoms with van der Waals surface area (Å²) in [6.45, 7) is 0. The monoisotopic (exact) mass is 479 g/mol. The van der Waals surface area contributed by atoms with E-state index in [1.807, 2.05) is 0 Å². The van der Waals surface area contributed by atoms with Crippen LogP contribution in [0.15, 0.2) is 67.5 Å². The fourth-order valence-corrected chi connectivity index (χ4v) is 3.62. The zero-order valence-corrected chi connectivity index (χ0v) is 18.5. The van der Waals surface area contributed by atoms with Crippen molar-refractivity contribution in [3.63, 3.8) is 0 Å². The lowest BCUT2D eigenvalue weighted by molar-refractivity contribution is 0.450. The molecule has 13 nitrogen and oxygen atoms in total. The van der Waals surface area contributed by atoms with Gasteiger partial charge in [0.1, 0.15) is 18.0 Å². The van der Waals surface area contributed by atoms with Crippen molar-refractivity contribution < 1.29 is 9.47 Å². The molecule has 0 radical (unpaired) electrons. The molecule has 0 aliphatic carbocycles. The van der Waals surface area contributed by atoms with E-state index < -0.39 is 0 Å². The van der Waals surface area contributed by atoms with Crippen LogP contribution in [0.1, 0.15) is 0 Å². The van der Waals surface area contributed by atoms with Crippen molar-refractivity contribution in [2.75, 3.05) is 11.5 Å². The van der Waals surface area contributed by atoms with E-state index in [9.17, 15) is 0 Å². The van der Waals surface area contributed by atoms with Crippen LogP contribution in [-0.2, 0) is 0 Å². The molecule has 6 N–H and O–H groups in total. The smallest absolute Gasteiger partial charge is 0.232 e. The fourth-order valence-electron chi connectivity index (χ4n) is 3.62. The Bertz CT molecular complexity index is 1500. The third-order valence-corrected chi connectivity index (χ3v) is 5.26. The lowest BCUT2D eigenvalue weighted by Crippen LogP contribution is -1.91. The molecule has 13 heteroatoms. The van der Waals surface area contributed by atoms with Gasteiger partial charge in [-0.15, -0.1) is 0 Å². The quantitative estimate of drug-likeness (QED) is 0.274. The summed E-state index contributed by atoms with van der Waals surface area (Å²) in [5.41, 5.74) is 15.9. The Hall–Kier alpha value is -5.59. The number of nitrogen functional groups attached to an aromatic ring is 2. The highest BCUT2D eigenvalue weighted by Crippen LogP contribution is 2.40. The Balaban J connectivity index is 1.28. The van der Waals surface area contributed by atoms with E-state index in [1.165, 1.54) is 6.33 Å². The number of hydrogen-bond donors (Lipinski definition) is 4. The van der Waals surface area contributed by atoms with Gasteiger partial charge in [-0.1, -0.05) is 0 Å². The van der Waals surface area contributed by atoms with Crippen molar-refractivity contribution in [1.29, 1.82) is 0 Å². The maximum absolute atomic E-state index is 6.12. The van der Waals surface area contributed by atoms with Gasteiger partial charge in [-0.3, -0.25) is 4.98 Å². The van der Waals surface area contributed by atoms with E-state index in [1.54, 1.807) is 61.2 Å². The van der Waals surface area contributed by atoms with E-state index >= 15 is 0 Å². The van der Waals surface area contributed by atoms with Crippen LogP contribution in [0.25, 0.3) is 33.6 Å². The van der Waals surface area contributed by atoms with Crippen LogP contribution in [0.5, 0.6) is 23.5 Å². The first-order chi connectivity index (χ1) is 17.7. The van der Waals surface area contributed by atoms with E-state index in [2.05, 4.69) is 45.3 Å². The van der Waals surface area contributed by atoms with Crippen molar-refractivity contribution in [2.24, 2.45) is 0 Å². The number of nitrogens with zero attached hydrogens (tertiary/aromatic N) is 7. The maximum Gasteiger partial charge on any atom is 0.232 e. The average molecular weight is 479 g/mol. The molecular weight excluding hydrogens is 462 g/mol.